The van der Waals surface area contributed by atoms with Crippen LogP contribution in [0.25, 0.3) is 0 Å². The smallest absolute Gasteiger partial charge is 0.326 e. The summed E-state index contributed by atoms with van der Waals surface area (Å²) in [5, 5.41) is 14.3. The molecule has 108 valence electrons. The van der Waals surface area contributed by atoms with Crippen LogP contribution in [0.5, 0.6) is 0 Å². The number of rotatable bonds is 5. The van der Waals surface area contributed by atoms with E-state index in [9.17, 15) is 9.59 Å². The van der Waals surface area contributed by atoms with E-state index >= 15 is 0 Å². The summed E-state index contributed by atoms with van der Waals surface area (Å²) in [6.45, 7) is 3.78. The zero-order chi connectivity index (χ0) is 14.0. The van der Waals surface area contributed by atoms with Crippen LogP contribution in [-0.2, 0) is 4.79 Å². The molecule has 3 N–H and O–H groups in total. The molecule has 0 aromatic heterocycles. The van der Waals surface area contributed by atoms with Crippen molar-refractivity contribution in [3.8, 4) is 0 Å². The quantitative estimate of drug-likeness (QED) is 0.713. The van der Waals surface area contributed by atoms with Crippen LogP contribution >= 0.6 is 0 Å². The molecule has 2 bridgehead atoms. The predicted molar refractivity (Wildman–Crippen MR) is 71.8 cm³/mol. The second kappa shape index (κ2) is 5.80. The number of carbonyl (C=O) groups is 2. The number of nitrogens with one attached hydrogen (secondary N) is 2. The highest BCUT2D eigenvalue weighted by atomic mass is 16.4. The Balaban J connectivity index is 1.80. The molecule has 0 aromatic carbocycles. The Kier molecular flexibility index (Phi) is 4.32. The van der Waals surface area contributed by atoms with Crippen molar-refractivity contribution in [1.82, 2.24) is 10.6 Å². The maximum absolute atomic E-state index is 11.8. The first-order valence-electron chi connectivity index (χ1n) is 7.31. The number of amides is 2. The lowest BCUT2D eigenvalue weighted by molar-refractivity contribution is -0.139. The van der Waals surface area contributed by atoms with Gasteiger partial charge < -0.3 is 15.7 Å². The van der Waals surface area contributed by atoms with Crippen molar-refractivity contribution >= 4 is 12.0 Å². The van der Waals surface area contributed by atoms with Gasteiger partial charge in [-0.2, -0.15) is 0 Å². The Bertz CT molecular complexity index is 359. The van der Waals surface area contributed by atoms with Crippen LogP contribution in [0.4, 0.5) is 4.79 Å². The van der Waals surface area contributed by atoms with Crippen LogP contribution in [0.1, 0.15) is 46.0 Å². The first-order valence-corrected chi connectivity index (χ1v) is 7.31. The average molecular weight is 268 g/mol. The SMILES string of the molecule is CCC(NC(=O)NC(C)C1CC2CCC1C2)C(=O)O. The van der Waals surface area contributed by atoms with E-state index < -0.39 is 12.0 Å². The van der Waals surface area contributed by atoms with E-state index in [-0.39, 0.29) is 12.1 Å². The summed E-state index contributed by atoms with van der Waals surface area (Å²) in [5.74, 6) is 1.19. The Morgan fingerprint density at radius 3 is 2.47 bits per heavy atom. The van der Waals surface area contributed by atoms with Gasteiger partial charge in [0.05, 0.1) is 0 Å². The van der Waals surface area contributed by atoms with Gasteiger partial charge in [0, 0.05) is 6.04 Å². The molecule has 2 amide bonds. The minimum Gasteiger partial charge on any atom is -0.480 e. The molecule has 2 rings (SSSR count). The molecule has 2 fully saturated rings. The third-order valence-corrected chi connectivity index (χ3v) is 4.81. The number of urea groups is 1. The molecule has 2 saturated carbocycles. The number of aliphatic carboxylic acids is 1. The summed E-state index contributed by atoms with van der Waals surface area (Å²) in [7, 11) is 0. The molecule has 0 aromatic rings. The van der Waals surface area contributed by atoms with Gasteiger partial charge in [-0.1, -0.05) is 13.3 Å². The fourth-order valence-corrected chi connectivity index (χ4v) is 3.76. The highest BCUT2D eigenvalue weighted by molar-refractivity contribution is 5.82. The molecule has 5 heteroatoms. The topological polar surface area (TPSA) is 78.4 Å². The van der Waals surface area contributed by atoms with Gasteiger partial charge in [-0.3, -0.25) is 0 Å². The van der Waals surface area contributed by atoms with Gasteiger partial charge in [0.2, 0.25) is 0 Å². The summed E-state index contributed by atoms with van der Waals surface area (Å²) in [4.78, 5) is 22.7. The number of fused-ring (bicyclic) bond motifs is 2. The third kappa shape index (κ3) is 3.19. The molecule has 0 radical (unpaired) electrons. The number of carboxylic acids is 1. The van der Waals surface area contributed by atoms with Crippen molar-refractivity contribution in [2.24, 2.45) is 17.8 Å². The summed E-state index contributed by atoms with van der Waals surface area (Å²) < 4.78 is 0. The second-order valence-electron chi connectivity index (χ2n) is 6.04. The molecular formula is C14H24N2O3. The van der Waals surface area contributed by atoms with Crippen LogP contribution in [-0.4, -0.2) is 29.2 Å². The van der Waals surface area contributed by atoms with Crippen molar-refractivity contribution in [1.29, 1.82) is 0 Å². The monoisotopic (exact) mass is 268 g/mol. The summed E-state index contributed by atoms with van der Waals surface area (Å²) in [5.41, 5.74) is 0. The van der Waals surface area contributed by atoms with Crippen molar-refractivity contribution < 1.29 is 14.7 Å². The van der Waals surface area contributed by atoms with E-state index in [1.807, 2.05) is 6.92 Å². The van der Waals surface area contributed by atoms with Crippen molar-refractivity contribution in [2.45, 2.75) is 58.0 Å². The van der Waals surface area contributed by atoms with Crippen LogP contribution in [0.2, 0.25) is 0 Å². The standard InChI is InChI=1S/C14H24N2O3/c1-3-12(13(17)18)16-14(19)15-8(2)11-7-9-4-5-10(11)6-9/h8-12H,3-7H2,1-2H3,(H,17,18)(H2,15,16,19). The molecule has 0 aliphatic heterocycles. The Hall–Kier alpha value is -1.26. The Morgan fingerprint density at radius 2 is 2.00 bits per heavy atom. The van der Waals surface area contributed by atoms with E-state index in [2.05, 4.69) is 10.6 Å². The fraction of sp³-hybridized carbons (Fsp3) is 0.857. The Morgan fingerprint density at radius 1 is 1.26 bits per heavy atom. The molecule has 0 heterocycles. The predicted octanol–water partition coefficient (Wildman–Crippen LogP) is 1.97. The zero-order valence-electron chi connectivity index (χ0n) is 11.7. The van der Waals surface area contributed by atoms with Crippen molar-refractivity contribution in [3.63, 3.8) is 0 Å². The molecule has 5 unspecified atom stereocenters. The van der Waals surface area contributed by atoms with E-state index in [0.717, 1.165) is 11.8 Å². The highest BCUT2D eigenvalue weighted by Crippen LogP contribution is 2.49. The molecule has 0 spiro atoms. The molecular weight excluding hydrogens is 244 g/mol. The molecule has 0 saturated heterocycles. The fourth-order valence-electron chi connectivity index (χ4n) is 3.76. The van der Waals surface area contributed by atoms with Crippen LogP contribution < -0.4 is 10.6 Å². The minimum absolute atomic E-state index is 0.126. The normalized spacial score (nSPS) is 31.8. The highest BCUT2D eigenvalue weighted by Gasteiger charge is 2.42. The molecule has 5 nitrogen and oxygen atoms in total. The van der Waals surface area contributed by atoms with Gasteiger partial charge in [-0.15, -0.1) is 0 Å². The van der Waals surface area contributed by atoms with Gasteiger partial charge in [-0.25, -0.2) is 9.59 Å². The lowest BCUT2D eigenvalue weighted by atomic mass is 9.84. The van der Waals surface area contributed by atoms with E-state index in [0.29, 0.717) is 12.3 Å². The minimum atomic E-state index is -0.981. The molecule has 5 atom stereocenters. The van der Waals surface area contributed by atoms with Crippen molar-refractivity contribution in [3.05, 3.63) is 0 Å². The van der Waals surface area contributed by atoms with Gasteiger partial charge in [0.25, 0.3) is 0 Å². The average Bonchev–Trinajstić information content (AvgIpc) is 2.97. The maximum atomic E-state index is 11.8. The summed E-state index contributed by atoms with van der Waals surface area (Å²) in [6, 6.07) is -1.03. The molecule has 2 aliphatic carbocycles. The van der Waals surface area contributed by atoms with E-state index in [1.165, 1.54) is 25.7 Å². The van der Waals surface area contributed by atoms with E-state index in [4.69, 9.17) is 5.11 Å². The van der Waals surface area contributed by atoms with Crippen LogP contribution in [0.15, 0.2) is 0 Å². The summed E-state index contributed by atoms with van der Waals surface area (Å²) in [6.07, 6.45) is 5.55. The lowest BCUT2D eigenvalue weighted by Crippen LogP contribution is -2.50. The zero-order valence-corrected chi connectivity index (χ0v) is 11.7. The number of hydrogen-bond donors (Lipinski definition) is 3. The Labute approximate surface area is 114 Å². The van der Waals surface area contributed by atoms with Gasteiger partial charge in [-0.05, 0) is 50.4 Å². The van der Waals surface area contributed by atoms with Crippen molar-refractivity contribution in [2.75, 3.05) is 0 Å². The first kappa shape index (κ1) is 14.2. The van der Waals surface area contributed by atoms with E-state index in [1.54, 1.807) is 6.92 Å². The van der Waals surface area contributed by atoms with Crippen LogP contribution in [0, 0.1) is 17.8 Å². The summed E-state index contributed by atoms with van der Waals surface area (Å²) >= 11 is 0. The largest absolute Gasteiger partial charge is 0.480 e. The van der Waals surface area contributed by atoms with Crippen LogP contribution in [0.3, 0.4) is 0 Å². The maximum Gasteiger partial charge on any atom is 0.326 e. The van der Waals surface area contributed by atoms with Gasteiger partial charge in [0.1, 0.15) is 6.04 Å². The number of carboxylic acid groups (broad SMARTS) is 1. The number of hydrogen-bond acceptors (Lipinski definition) is 2. The second-order valence-corrected chi connectivity index (χ2v) is 6.04. The van der Waals surface area contributed by atoms with Gasteiger partial charge in [0.15, 0.2) is 0 Å². The lowest BCUT2D eigenvalue weighted by Gasteiger charge is -2.29. The third-order valence-electron chi connectivity index (χ3n) is 4.81. The molecule has 19 heavy (non-hydrogen) atoms. The molecule has 2 aliphatic rings. The number of carbonyl (C=O) groups excluding carboxylic acids is 1. The first-order chi connectivity index (χ1) is 9.01. The van der Waals surface area contributed by atoms with Gasteiger partial charge >= 0.3 is 12.0 Å².